The Balaban J connectivity index is 1.63. The lowest BCUT2D eigenvalue weighted by molar-refractivity contribution is 0.373. The van der Waals surface area contributed by atoms with Crippen LogP contribution in [0.1, 0.15) is 37.7 Å². The predicted molar refractivity (Wildman–Crippen MR) is 85.1 cm³/mol. The minimum Gasteiger partial charge on any atom is -0.369 e. The first-order chi connectivity index (χ1) is 9.83. The van der Waals surface area contributed by atoms with E-state index in [1.165, 1.54) is 37.7 Å². The van der Waals surface area contributed by atoms with Gasteiger partial charge in [0, 0.05) is 29.9 Å². The molecule has 20 heavy (non-hydrogen) atoms. The highest BCUT2D eigenvalue weighted by atomic mass is 32.1. The van der Waals surface area contributed by atoms with E-state index in [1.54, 1.807) is 11.3 Å². The molecule has 1 N–H and O–H groups in total. The Morgan fingerprint density at radius 3 is 2.95 bits per heavy atom. The van der Waals surface area contributed by atoms with Gasteiger partial charge in [0.15, 0.2) is 0 Å². The van der Waals surface area contributed by atoms with Crippen molar-refractivity contribution in [3.8, 4) is 10.6 Å². The molecule has 0 radical (unpaired) electrons. The van der Waals surface area contributed by atoms with Crippen molar-refractivity contribution in [3.05, 3.63) is 29.4 Å². The number of hydrogen-bond acceptors (Lipinski definition) is 4. The first kappa shape index (κ1) is 13.6. The van der Waals surface area contributed by atoms with Gasteiger partial charge in [-0.25, -0.2) is 4.98 Å². The van der Waals surface area contributed by atoms with Crippen LogP contribution >= 0.6 is 11.3 Å². The second kappa shape index (κ2) is 6.35. The molecular formula is C16H21N3S. The van der Waals surface area contributed by atoms with Crippen molar-refractivity contribution in [1.29, 1.82) is 0 Å². The molecule has 1 aliphatic carbocycles. The van der Waals surface area contributed by atoms with E-state index in [-0.39, 0.29) is 0 Å². The van der Waals surface area contributed by atoms with Gasteiger partial charge in [-0.05, 0) is 37.3 Å². The Morgan fingerprint density at radius 1 is 1.30 bits per heavy atom. The lowest BCUT2D eigenvalue weighted by Crippen LogP contribution is -2.17. The summed E-state index contributed by atoms with van der Waals surface area (Å²) in [4.78, 5) is 8.89. The van der Waals surface area contributed by atoms with E-state index in [4.69, 9.17) is 4.98 Å². The molecular weight excluding hydrogens is 266 g/mol. The third kappa shape index (κ3) is 3.18. The number of rotatable bonds is 4. The van der Waals surface area contributed by atoms with Crippen molar-refractivity contribution in [2.75, 3.05) is 11.9 Å². The summed E-state index contributed by atoms with van der Waals surface area (Å²) in [5.41, 5.74) is 2.37. The first-order valence-electron chi connectivity index (χ1n) is 7.43. The smallest absolute Gasteiger partial charge is 0.137 e. The molecule has 0 aromatic carbocycles. The zero-order chi connectivity index (χ0) is 13.8. The molecule has 1 fully saturated rings. The molecule has 106 valence electrons. The fraction of sp³-hybridized carbons (Fsp3) is 0.500. The van der Waals surface area contributed by atoms with E-state index >= 15 is 0 Å². The standard InChI is InChI=1S/C16H21N3S/c1-12-7-8-17-10-14(12)16-19-15(11-20-16)18-9-13-5-3-2-4-6-13/h7-8,10-11,13,18H,2-6,9H2,1H3. The van der Waals surface area contributed by atoms with Crippen LogP contribution in [0.4, 0.5) is 5.82 Å². The summed E-state index contributed by atoms with van der Waals surface area (Å²) >= 11 is 1.69. The van der Waals surface area contributed by atoms with Crippen LogP contribution in [-0.4, -0.2) is 16.5 Å². The number of pyridine rings is 1. The molecule has 2 aromatic rings. The molecule has 0 atom stereocenters. The summed E-state index contributed by atoms with van der Waals surface area (Å²) in [6.07, 6.45) is 10.7. The van der Waals surface area contributed by atoms with Gasteiger partial charge in [0.2, 0.25) is 0 Å². The van der Waals surface area contributed by atoms with Gasteiger partial charge in [-0.2, -0.15) is 0 Å². The SMILES string of the molecule is Cc1ccncc1-c1nc(NCC2CCCCC2)cs1. The molecule has 1 aliphatic rings. The zero-order valence-electron chi connectivity index (χ0n) is 11.9. The molecule has 0 bridgehead atoms. The van der Waals surface area contributed by atoms with Crippen molar-refractivity contribution < 1.29 is 0 Å². The number of hydrogen-bond donors (Lipinski definition) is 1. The van der Waals surface area contributed by atoms with Crippen molar-refractivity contribution in [2.24, 2.45) is 5.92 Å². The topological polar surface area (TPSA) is 37.8 Å². The normalized spacial score (nSPS) is 16.2. The molecule has 0 amide bonds. The molecule has 0 aliphatic heterocycles. The Bertz CT molecular complexity index is 558. The van der Waals surface area contributed by atoms with Crippen LogP contribution in [-0.2, 0) is 0 Å². The molecule has 4 heteroatoms. The Kier molecular flexibility index (Phi) is 4.31. The summed E-state index contributed by atoms with van der Waals surface area (Å²) in [5, 5.41) is 6.68. The van der Waals surface area contributed by atoms with E-state index in [0.29, 0.717) is 0 Å². The van der Waals surface area contributed by atoms with Crippen LogP contribution in [0, 0.1) is 12.8 Å². The van der Waals surface area contributed by atoms with Gasteiger partial charge in [0.25, 0.3) is 0 Å². The number of thiazole rings is 1. The lowest BCUT2D eigenvalue weighted by atomic mass is 9.89. The lowest BCUT2D eigenvalue weighted by Gasteiger charge is -2.21. The fourth-order valence-corrected chi connectivity index (χ4v) is 3.66. The van der Waals surface area contributed by atoms with Gasteiger partial charge >= 0.3 is 0 Å². The van der Waals surface area contributed by atoms with Crippen LogP contribution in [0.15, 0.2) is 23.8 Å². The summed E-state index contributed by atoms with van der Waals surface area (Å²) in [6, 6.07) is 2.03. The highest BCUT2D eigenvalue weighted by molar-refractivity contribution is 7.13. The maximum atomic E-state index is 4.69. The van der Waals surface area contributed by atoms with E-state index in [0.717, 1.165) is 28.9 Å². The van der Waals surface area contributed by atoms with E-state index in [1.807, 2.05) is 18.5 Å². The second-order valence-electron chi connectivity index (χ2n) is 5.61. The van der Waals surface area contributed by atoms with Crippen LogP contribution < -0.4 is 5.32 Å². The molecule has 3 nitrogen and oxygen atoms in total. The molecule has 3 rings (SSSR count). The van der Waals surface area contributed by atoms with Gasteiger partial charge in [-0.1, -0.05) is 19.3 Å². The van der Waals surface area contributed by atoms with Gasteiger partial charge in [-0.15, -0.1) is 11.3 Å². The maximum Gasteiger partial charge on any atom is 0.137 e. The third-order valence-corrected chi connectivity index (χ3v) is 4.95. The Labute approximate surface area is 124 Å². The summed E-state index contributed by atoms with van der Waals surface area (Å²) in [6.45, 7) is 3.17. The van der Waals surface area contributed by atoms with Crippen LogP contribution in [0.3, 0.4) is 0 Å². The van der Waals surface area contributed by atoms with Crippen LogP contribution in [0.2, 0.25) is 0 Å². The quantitative estimate of drug-likeness (QED) is 0.899. The van der Waals surface area contributed by atoms with Crippen LogP contribution in [0.25, 0.3) is 10.6 Å². The summed E-state index contributed by atoms with van der Waals surface area (Å²) in [7, 11) is 0. The van der Waals surface area contributed by atoms with E-state index in [2.05, 4.69) is 22.6 Å². The summed E-state index contributed by atoms with van der Waals surface area (Å²) < 4.78 is 0. The minimum atomic E-state index is 0.828. The molecule has 1 saturated carbocycles. The van der Waals surface area contributed by atoms with E-state index in [9.17, 15) is 0 Å². The zero-order valence-corrected chi connectivity index (χ0v) is 12.7. The van der Waals surface area contributed by atoms with Crippen LogP contribution in [0.5, 0.6) is 0 Å². The minimum absolute atomic E-state index is 0.828. The molecule has 0 saturated heterocycles. The fourth-order valence-electron chi connectivity index (χ4n) is 2.81. The largest absolute Gasteiger partial charge is 0.369 e. The van der Waals surface area contributed by atoms with Crippen molar-refractivity contribution in [2.45, 2.75) is 39.0 Å². The van der Waals surface area contributed by atoms with Crippen molar-refractivity contribution >= 4 is 17.2 Å². The van der Waals surface area contributed by atoms with E-state index < -0.39 is 0 Å². The number of anilines is 1. The average Bonchev–Trinajstić information content (AvgIpc) is 2.95. The Hall–Kier alpha value is -1.42. The van der Waals surface area contributed by atoms with Crippen molar-refractivity contribution in [1.82, 2.24) is 9.97 Å². The third-order valence-electron chi connectivity index (χ3n) is 4.07. The number of nitrogens with zero attached hydrogens (tertiary/aromatic N) is 2. The molecule has 0 unspecified atom stereocenters. The second-order valence-corrected chi connectivity index (χ2v) is 6.47. The van der Waals surface area contributed by atoms with Crippen molar-refractivity contribution in [3.63, 3.8) is 0 Å². The summed E-state index contributed by atoms with van der Waals surface area (Å²) in [5.74, 6) is 1.84. The van der Waals surface area contributed by atoms with Gasteiger partial charge in [0.05, 0.1) is 0 Å². The van der Waals surface area contributed by atoms with Gasteiger partial charge in [0.1, 0.15) is 10.8 Å². The molecule has 2 heterocycles. The first-order valence-corrected chi connectivity index (χ1v) is 8.31. The Morgan fingerprint density at radius 2 is 2.15 bits per heavy atom. The number of nitrogens with one attached hydrogen (secondary N) is 1. The van der Waals surface area contributed by atoms with Gasteiger partial charge < -0.3 is 5.32 Å². The monoisotopic (exact) mass is 287 g/mol. The number of aromatic nitrogens is 2. The maximum absolute atomic E-state index is 4.69. The molecule has 0 spiro atoms. The number of aryl methyl sites for hydroxylation is 1. The highest BCUT2D eigenvalue weighted by Crippen LogP contribution is 2.28. The molecule has 2 aromatic heterocycles. The van der Waals surface area contributed by atoms with Gasteiger partial charge in [-0.3, -0.25) is 4.98 Å². The average molecular weight is 287 g/mol. The predicted octanol–water partition coefficient (Wildman–Crippen LogP) is 4.51. The highest BCUT2D eigenvalue weighted by Gasteiger charge is 2.14.